The zero-order valence-corrected chi connectivity index (χ0v) is 16.2. The van der Waals surface area contributed by atoms with Crippen LogP contribution >= 0.6 is 11.6 Å². The number of ketones is 1. The number of aliphatic imine (C=N–C) groups is 1. The van der Waals surface area contributed by atoms with Crippen LogP contribution in [-0.2, 0) is 0 Å². The number of carbonyl (C=O) groups excluding carboxylic acids is 1. The molecular weight excluding hydrogens is 353 g/mol. The van der Waals surface area contributed by atoms with Gasteiger partial charge in [-0.25, -0.2) is 9.38 Å². The third-order valence-electron chi connectivity index (χ3n) is 4.10. The first kappa shape index (κ1) is 19.9. The van der Waals surface area contributed by atoms with Crippen LogP contribution in [-0.4, -0.2) is 37.2 Å². The maximum Gasteiger partial charge on any atom is 0.182 e. The Labute approximate surface area is 158 Å². The Bertz CT molecular complexity index is 836. The van der Waals surface area contributed by atoms with Gasteiger partial charge in [-0.1, -0.05) is 11.6 Å². The average molecular weight is 376 g/mol. The van der Waals surface area contributed by atoms with E-state index in [-0.39, 0.29) is 12.3 Å². The lowest BCUT2D eigenvalue weighted by Crippen LogP contribution is -2.16. The van der Waals surface area contributed by atoms with Gasteiger partial charge in [-0.2, -0.15) is 0 Å². The summed E-state index contributed by atoms with van der Waals surface area (Å²) in [5.41, 5.74) is 3.62. The summed E-state index contributed by atoms with van der Waals surface area (Å²) < 4.78 is 13.3. The highest BCUT2D eigenvalue weighted by molar-refractivity contribution is 6.33. The maximum atomic E-state index is 13.3. The number of carbonyl (C=O) groups is 1. The molecule has 0 bridgehead atoms. The molecule has 0 saturated carbocycles. The first-order valence-electron chi connectivity index (χ1n) is 8.39. The van der Waals surface area contributed by atoms with Crippen molar-refractivity contribution < 1.29 is 9.18 Å². The molecule has 4 nitrogen and oxygen atoms in total. The second kappa shape index (κ2) is 8.81. The minimum absolute atomic E-state index is 0.0324. The van der Waals surface area contributed by atoms with Gasteiger partial charge in [0, 0.05) is 19.2 Å². The smallest absolute Gasteiger partial charge is 0.182 e. The molecular formula is C20H23ClFN3O. The fourth-order valence-electron chi connectivity index (χ4n) is 2.39. The molecule has 0 spiro atoms. The van der Waals surface area contributed by atoms with Gasteiger partial charge in [-0.05, 0) is 62.2 Å². The number of benzene rings is 2. The van der Waals surface area contributed by atoms with Crippen LogP contribution in [0.5, 0.6) is 0 Å². The number of hydrogen-bond donors (Lipinski definition) is 1. The van der Waals surface area contributed by atoms with Gasteiger partial charge in [0.25, 0.3) is 0 Å². The third-order valence-corrected chi connectivity index (χ3v) is 4.43. The number of nitrogens with one attached hydrogen (secondary N) is 1. The molecule has 138 valence electrons. The Morgan fingerprint density at radius 1 is 1.27 bits per heavy atom. The summed E-state index contributed by atoms with van der Waals surface area (Å²) in [5.74, 6) is -0.497. The lowest BCUT2D eigenvalue weighted by Gasteiger charge is -2.12. The minimum atomic E-state index is -0.407. The van der Waals surface area contributed by atoms with Crippen molar-refractivity contribution in [3.05, 3.63) is 57.9 Å². The van der Waals surface area contributed by atoms with E-state index in [1.807, 2.05) is 44.9 Å². The van der Waals surface area contributed by atoms with Crippen molar-refractivity contribution in [3.8, 4) is 0 Å². The SMILES string of the molecule is CCN(C)C=Nc1cc(C)c(C(=O)CNc2cc(F)ccc2Cl)cc1C. The van der Waals surface area contributed by atoms with Gasteiger partial charge in [0.1, 0.15) is 5.82 Å². The molecule has 2 aromatic carbocycles. The van der Waals surface area contributed by atoms with Crippen molar-refractivity contribution >= 4 is 35.1 Å². The van der Waals surface area contributed by atoms with Gasteiger partial charge in [0.15, 0.2) is 5.78 Å². The second-order valence-electron chi connectivity index (χ2n) is 6.17. The summed E-state index contributed by atoms with van der Waals surface area (Å²) in [6.07, 6.45) is 1.77. The molecule has 0 aliphatic heterocycles. The Balaban J connectivity index is 2.15. The topological polar surface area (TPSA) is 44.7 Å². The van der Waals surface area contributed by atoms with Crippen LogP contribution in [0.15, 0.2) is 35.3 Å². The van der Waals surface area contributed by atoms with Crippen LogP contribution in [0.2, 0.25) is 5.02 Å². The molecule has 0 aliphatic carbocycles. The quantitative estimate of drug-likeness (QED) is 0.420. The molecule has 0 heterocycles. The average Bonchev–Trinajstić information content (AvgIpc) is 2.62. The van der Waals surface area contributed by atoms with Gasteiger partial charge >= 0.3 is 0 Å². The summed E-state index contributed by atoms with van der Waals surface area (Å²) in [5, 5.41) is 3.28. The van der Waals surface area contributed by atoms with Crippen LogP contribution < -0.4 is 5.32 Å². The molecule has 0 amide bonds. The summed E-state index contributed by atoms with van der Waals surface area (Å²) in [7, 11) is 1.95. The normalized spacial score (nSPS) is 11.0. The second-order valence-corrected chi connectivity index (χ2v) is 6.58. The fraction of sp³-hybridized carbons (Fsp3) is 0.300. The number of rotatable bonds is 7. The number of nitrogens with zero attached hydrogens (tertiary/aromatic N) is 2. The highest BCUT2D eigenvalue weighted by Crippen LogP contribution is 2.25. The van der Waals surface area contributed by atoms with E-state index in [4.69, 9.17) is 11.6 Å². The first-order valence-corrected chi connectivity index (χ1v) is 8.77. The summed E-state index contributed by atoms with van der Waals surface area (Å²) in [6.45, 7) is 6.75. The lowest BCUT2D eigenvalue weighted by atomic mass is 10.0. The van der Waals surface area contributed by atoms with E-state index in [2.05, 4.69) is 10.3 Å². The molecule has 0 fully saturated rings. The molecule has 2 aromatic rings. The molecule has 2 rings (SSSR count). The Hall–Kier alpha value is -2.40. The predicted octanol–water partition coefficient (Wildman–Crippen LogP) is 5.00. The first-order chi connectivity index (χ1) is 12.3. The van der Waals surface area contributed by atoms with Gasteiger partial charge in [-0.3, -0.25) is 4.79 Å². The van der Waals surface area contributed by atoms with Gasteiger partial charge in [0.05, 0.1) is 29.3 Å². The van der Waals surface area contributed by atoms with E-state index in [1.165, 1.54) is 18.2 Å². The Morgan fingerprint density at radius 2 is 2.00 bits per heavy atom. The molecule has 0 aliphatic rings. The summed E-state index contributed by atoms with van der Waals surface area (Å²) >= 11 is 6.01. The van der Waals surface area contributed by atoms with E-state index >= 15 is 0 Å². The van der Waals surface area contributed by atoms with Gasteiger partial charge in [0.2, 0.25) is 0 Å². The standard InChI is InChI=1S/C20H23ClFN3O/c1-5-25(4)12-24-18-9-13(2)16(8-14(18)3)20(26)11-23-19-10-15(22)6-7-17(19)21/h6-10,12,23H,5,11H2,1-4H3. The van der Waals surface area contributed by atoms with E-state index in [9.17, 15) is 9.18 Å². The molecule has 0 atom stereocenters. The predicted molar refractivity (Wildman–Crippen MR) is 107 cm³/mol. The van der Waals surface area contributed by atoms with E-state index in [0.717, 1.165) is 23.4 Å². The molecule has 1 N–H and O–H groups in total. The third kappa shape index (κ3) is 5.05. The van der Waals surface area contributed by atoms with Crippen molar-refractivity contribution in [1.82, 2.24) is 4.90 Å². The lowest BCUT2D eigenvalue weighted by molar-refractivity contribution is 0.101. The molecule has 0 saturated heterocycles. The largest absolute Gasteiger partial charge is 0.376 e. The van der Waals surface area contributed by atoms with Crippen molar-refractivity contribution in [2.24, 2.45) is 4.99 Å². The monoisotopic (exact) mass is 375 g/mol. The molecule has 26 heavy (non-hydrogen) atoms. The molecule has 0 unspecified atom stereocenters. The van der Waals surface area contributed by atoms with Crippen molar-refractivity contribution in [1.29, 1.82) is 0 Å². The highest BCUT2D eigenvalue weighted by Gasteiger charge is 2.12. The number of hydrogen-bond acceptors (Lipinski definition) is 3. The van der Waals surface area contributed by atoms with E-state index in [0.29, 0.717) is 16.3 Å². The number of anilines is 1. The van der Waals surface area contributed by atoms with E-state index < -0.39 is 5.82 Å². The van der Waals surface area contributed by atoms with Crippen LogP contribution in [0.1, 0.15) is 28.4 Å². The van der Waals surface area contributed by atoms with Gasteiger partial charge < -0.3 is 10.2 Å². The van der Waals surface area contributed by atoms with Crippen LogP contribution in [0.25, 0.3) is 0 Å². The molecule has 0 radical (unpaired) electrons. The zero-order chi connectivity index (χ0) is 19.3. The highest BCUT2D eigenvalue weighted by atomic mass is 35.5. The van der Waals surface area contributed by atoms with Crippen molar-refractivity contribution in [2.45, 2.75) is 20.8 Å². The van der Waals surface area contributed by atoms with Crippen LogP contribution in [0.4, 0.5) is 15.8 Å². The molecule has 6 heteroatoms. The van der Waals surface area contributed by atoms with Crippen molar-refractivity contribution in [3.63, 3.8) is 0 Å². The maximum absolute atomic E-state index is 13.3. The zero-order valence-electron chi connectivity index (χ0n) is 15.4. The van der Waals surface area contributed by atoms with E-state index in [1.54, 1.807) is 6.34 Å². The summed E-state index contributed by atoms with van der Waals surface area (Å²) in [6, 6.07) is 7.75. The minimum Gasteiger partial charge on any atom is -0.376 e. The van der Waals surface area contributed by atoms with Gasteiger partial charge in [-0.15, -0.1) is 0 Å². The van der Waals surface area contributed by atoms with Crippen LogP contribution in [0, 0.1) is 19.7 Å². The number of aryl methyl sites for hydroxylation is 2. The number of halogens is 2. The Kier molecular flexibility index (Phi) is 6.75. The molecule has 0 aromatic heterocycles. The van der Waals surface area contributed by atoms with Crippen molar-refractivity contribution in [2.75, 3.05) is 25.5 Å². The number of Topliss-reactive ketones (excluding diaryl/α,β-unsaturated/α-hetero) is 1. The van der Waals surface area contributed by atoms with Crippen LogP contribution in [0.3, 0.4) is 0 Å². The summed E-state index contributed by atoms with van der Waals surface area (Å²) in [4.78, 5) is 19.0. The fourth-order valence-corrected chi connectivity index (χ4v) is 2.57. The Morgan fingerprint density at radius 3 is 2.69 bits per heavy atom.